The summed E-state index contributed by atoms with van der Waals surface area (Å²) in [5.74, 6) is -13.5. The second-order valence-corrected chi connectivity index (χ2v) is 23.0. The summed E-state index contributed by atoms with van der Waals surface area (Å²) in [5, 5.41) is 30.0. The van der Waals surface area contributed by atoms with Gasteiger partial charge in [-0.2, -0.15) is 5.26 Å². The van der Waals surface area contributed by atoms with E-state index in [1.165, 1.54) is 48.5 Å². The van der Waals surface area contributed by atoms with E-state index in [-0.39, 0.29) is 67.8 Å². The van der Waals surface area contributed by atoms with Gasteiger partial charge in [-0.1, -0.05) is 95.8 Å². The first-order chi connectivity index (χ1) is 42.8. The van der Waals surface area contributed by atoms with Crippen LogP contribution < -0.4 is 36.1 Å². The Morgan fingerprint density at radius 2 is 1.01 bits per heavy atom. The van der Waals surface area contributed by atoms with Gasteiger partial charge in [-0.3, -0.25) is 48.5 Å². The second-order valence-electron chi connectivity index (χ2n) is 23.0. The molecule has 6 N–H and O–H groups in total. The fourth-order valence-electron chi connectivity index (χ4n) is 10.1. The maximum Gasteiger partial charge on any atom is 0.347 e. The molecule has 0 saturated carbocycles. The van der Waals surface area contributed by atoms with Gasteiger partial charge in [0.2, 0.25) is 24.0 Å². The number of amides is 5. The molecule has 6 atom stereocenters. The minimum atomic E-state index is -3.46. The fourth-order valence-corrected chi connectivity index (χ4v) is 10.1. The molecular weight excluding hydrogens is 1250 g/mol. The van der Waals surface area contributed by atoms with Crippen LogP contribution in [0.3, 0.4) is 0 Å². The van der Waals surface area contributed by atoms with E-state index < -0.39 is 126 Å². The van der Waals surface area contributed by atoms with E-state index in [0.29, 0.717) is 34.4 Å². The lowest BCUT2D eigenvalue weighted by molar-refractivity contribution is -0.164. The number of carboxylic acid groups (broad SMARTS) is 1. The number of likely N-dealkylation sites (tertiary alicyclic amines) is 1. The fraction of sp³-hybridized carbons (Fsp3) is 0.478. The Morgan fingerprint density at radius 1 is 0.628 bits per heavy atom. The average Bonchev–Trinajstić information content (AvgIpc) is 1.59. The van der Waals surface area contributed by atoms with E-state index in [2.05, 4.69) is 26.6 Å². The van der Waals surface area contributed by atoms with Crippen LogP contribution in [0.5, 0.6) is 11.5 Å². The number of halogens is 5. The highest BCUT2D eigenvalue weighted by Gasteiger charge is 2.65. The summed E-state index contributed by atoms with van der Waals surface area (Å²) < 4.78 is 78.2. The highest BCUT2D eigenvalue weighted by Crippen LogP contribution is 2.48. The molecule has 2 fully saturated rings. The van der Waals surface area contributed by atoms with E-state index in [0.717, 1.165) is 24.3 Å². The number of ether oxygens (including phenoxy) is 4. The van der Waals surface area contributed by atoms with Crippen molar-refractivity contribution in [3.05, 3.63) is 129 Å². The molecule has 0 aromatic heterocycles. The minimum absolute atomic E-state index is 0. The van der Waals surface area contributed by atoms with Gasteiger partial charge in [0.25, 0.3) is 29.6 Å². The summed E-state index contributed by atoms with van der Waals surface area (Å²) in [6.45, 7) is 20.4. The number of nitrogens with zero attached hydrogens (tertiary/aromatic N) is 2. The van der Waals surface area contributed by atoms with Crippen molar-refractivity contribution in [1.29, 1.82) is 5.26 Å². The number of carboxylic acids is 1. The first-order valence-corrected chi connectivity index (χ1v) is 29.3. The molecule has 6 rings (SSSR count). The van der Waals surface area contributed by atoms with Gasteiger partial charge in [0, 0.05) is 70.0 Å². The van der Waals surface area contributed by atoms with Gasteiger partial charge in [0.05, 0.1) is 48.1 Å². The zero-order chi connectivity index (χ0) is 69.8. The van der Waals surface area contributed by atoms with Gasteiger partial charge in [-0.25, -0.2) is 22.4 Å². The normalized spacial score (nSPS) is 16.9. The van der Waals surface area contributed by atoms with E-state index >= 15 is 8.78 Å². The van der Waals surface area contributed by atoms with Crippen LogP contribution in [0.15, 0.2) is 84.9 Å². The molecule has 27 heteroatoms. The SMILES string of the molecule is C.CC#N.CC(=O)Oc1cc(C)cc(C(=O)N[C@@H](Cc2ccccc2)[C@H](OC(C)=O)C(=O)O)c1C.CCNC(=O)C1N(C(=O)[C@@H](OC(C)=O)[C@H](Cc2ccccc2)NC(=O)c2cc(C)cc(OC(C)=O)c2C)CC(F)(F)C1(C)C.CCNC(=O)C1NCC(F)(F)C1(C)C.Cl. The predicted molar refractivity (Wildman–Crippen MR) is 343 cm³/mol. The standard InChI is InChI=1S/C32H39F2N3O7.C23H25NO7.C9H16F2N2O.C2H3N.CH4.ClH/c1-8-35-29(41)27-31(6,7)32(33,34)17-37(27)30(42)26(44-21(5)39)24(16-22-12-10-9-11-13-22)36-28(40)23-14-18(2)15-25(19(23)3)43-20(4)38;1-13-10-18(14(2)20(11-13)30-15(3)25)22(27)24-19(12-17-8-6-5-7-9-17)21(23(28)29)31-16(4)26;1-4-12-7(14)6-8(2,3)9(10,11)5-13-6;1-2-3;;/h9-15,24,26-27H,8,16-17H2,1-7H3,(H,35,41)(H,36,40);5-11,19,21H,12H2,1-4H3,(H,24,27)(H,28,29);6,13H,4-5H2,1-3H3,(H,12,14);1H3;1H4;1H/t24-,26-,27?;19-,21-;;;;/m00..../s1. The minimum Gasteiger partial charge on any atom is -0.478 e. The molecule has 2 unspecified atom stereocenters. The van der Waals surface area contributed by atoms with Crippen LogP contribution in [0, 0.1) is 49.9 Å². The molecule has 22 nitrogen and oxygen atoms in total. The Labute approximate surface area is 552 Å². The highest BCUT2D eigenvalue weighted by molar-refractivity contribution is 5.99. The first-order valence-electron chi connectivity index (χ1n) is 29.3. The topological polar surface area (TPSA) is 315 Å². The van der Waals surface area contributed by atoms with E-state index in [1.54, 1.807) is 126 Å². The van der Waals surface area contributed by atoms with Crippen molar-refractivity contribution in [3.8, 4) is 17.6 Å². The zero-order valence-electron chi connectivity index (χ0n) is 54.8. The maximum absolute atomic E-state index is 15.3. The van der Waals surface area contributed by atoms with E-state index in [9.17, 15) is 61.8 Å². The quantitative estimate of drug-likeness (QED) is 0.0275. The summed E-state index contributed by atoms with van der Waals surface area (Å²) in [7, 11) is 0. The van der Waals surface area contributed by atoms with Crippen LogP contribution in [0.2, 0.25) is 0 Å². The molecule has 2 saturated heterocycles. The number of nitrogens with one attached hydrogen (secondary N) is 5. The van der Waals surface area contributed by atoms with Gasteiger partial charge in [-0.15, -0.1) is 12.4 Å². The Balaban J connectivity index is 0.000000764. The Kier molecular flexibility index (Phi) is 32.2. The lowest BCUT2D eigenvalue weighted by Gasteiger charge is -2.35. The molecule has 4 aromatic rings. The van der Waals surface area contributed by atoms with Crippen molar-refractivity contribution >= 4 is 71.8 Å². The van der Waals surface area contributed by atoms with Gasteiger partial charge >= 0.3 is 29.8 Å². The third kappa shape index (κ3) is 22.4. The van der Waals surface area contributed by atoms with Crippen LogP contribution in [0.4, 0.5) is 17.6 Å². The van der Waals surface area contributed by atoms with E-state index in [1.807, 2.05) is 6.07 Å². The molecule has 2 heterocycles. The van der Waals surface area contributed by atoms with Crippen molar-refractivity contribution in [2.45, 2.75) is 172 Å². The number of aliphatic carboxylic acids is 1. The van der Waals surface area contributed by atoms with Gasteiger partial charge in [0.1, 0.15) is 17.5 Å². The second kappa shape index (κ2) is 36.5. The third-order valence-corrected chi connectivity index (χ3v) is 15.0. The summed E-state index contributed by atoms with van der Waals surface area (Å²) in [4.78, 5) is 125. The van der Waals surface area contributed by atoms with Crippen LogP contribution >= 0.6 is 12.4 Å². The Morgan fingerprint density at radius 3 is 1.36 bits per heavy atom. The molecule has 0 spiro atoms. The van der Waals surface area contributed by atoms with Crippen LogP contribution in [0.1, 0.15) is 138 Å². The smallest absolute Gasteiger partial charge is 0.347 e. The highest BCUT2D eigenvalue weighted by atomic mass is 35.5. The third-order valence-electron chi connectivity index (χ3n) is 15.0. The number of aryl methyl sites for hydroxylation is 2. The summed E-state index contributed by atoms with van der Waals surface area (Å²) >= 11 is 0. The average molecular weight is 1340 g/mol. The number of rotatable bonds is 20. The van der Waals surface area contributed by atoms with Gasteiger partial charge < -0.3 is 50.2 Å². The molecular formula is C67H88ClF4N7O15. The van der Waals surface area contributed by atoms with Crippen LogP contribution in [0.25, 0.3) is 0 Å². The number of alkyl halides is 4. The number of carbonyl (C=O) groups is 10. The molecule has 2 aliphatic rings. The van der Waals surface area contributed by atoms with Gasteiger partial charge in [-0.05, 0) is 101 Å². The van der Waals surface area contributed by atoms with Crippen molar-refractivity contribution in [2.24, 2.45) is 10.8 Å². The number of benzene rings is 4. The lowest BCUT2D eigenvalue weighted by Crippen LogP contribution is -2.58. The Hall–Kier alpha value is -8.96. The number of likely N-dealkylation sites (N-methyl/N-ethyl adjacent to an activating group) is 2. The van der Waals surface area contributed by atoms with E-state index in [4.69, 9.17) is 24.2 Å². The first kappa shape index (κ1) is 83.1. The van der Waals surface area contributed by atoms with Gasteiger partial charge in [0.15, 0.2) is 0 Å². The molecule has 516 valence electrons. The predicted octanol–water partition coefficient (Wildman–Crippen LogP) is 8.44. The number of carbonyl (C=O) groups excluding carboxylic acids is 9. The molecule has 0 aliphatic carbocycles. The number of hydrogen-bond donors (Lipinski definition) is 6. The number of hydrogen-bond acceptors (Lipinski definition) is 16. The molecule has 2 aliphatic heterocycles. The summed E-state index contributed by atoms with van der Waals surface area (Å²) in [6, 6.07) is 21.1. The molecule has 4 aromatic carbocycles. The Bertz CT molecular complexity index is 3370. The summed E-state index contributed by atoms with van der Waals surface area (Å²) in [5.41, 5.74) is 0.536. The lowest BCUT2D eigenvalue weighted by atomic mass is 9.81. The van der Waals surface area contributed by atoms with Crippen molar-refractivity contribution in [1.82, 2.24) is 31.5 Å². The largest absolute Gasteiger partial charge is 0.478 e. The van der Waals surface area contributed by atoms with Crippen LogP contribution in [-0.4, -0.2) is 144 Å². The zero-order valence-corrected chi connectivity index (χ0v) is 55.6. The molecule has 94 heavy (non-hydrogen) atoms. The molecule has 5 amide bonds. The molecule has 0 bridgehead atoms. The molecule has 0 radical (unpaired) electrons. The monoisotopic (exact) mass is 1340 g/mol. The summed E-state index contributed by atoms with van der Waals surface area (Å²) in [6.07, 6.45) is -3.26. The number of nitriles is 1. The van der Waals surface area contributed by atoms with Crippen molar-refractivity contribution < 1.29 is 89.6 Å². The van der Waals surface area contributed by atoms with Crippen molar-refractivity contribution in [2.75, 3.05) is 26.2 Å². The number of esters is 4. The van der Waals surface area contributed by atoms with Crippen LogP contribution in [-0.2, 0) is 60.7 Å². The maximum atomic E-state index is 15.3. The van der Waals surface area contributed by atoms with Crippen molar-refractivity contribution in [3.63, 3.8) is 0 Å².